The Morgan fingerprint density at radius 2 is 2.26 bits per heavy atom. The van der Waals surface area contributed by atoms with E-state index in [-0.39, 0.29) is 17.3 Å². The first-order valence-corrected chi connectivity index (χ1v) is 9.58. The molecule has 0 radical (unpaired) electrons. The third-order valence-electron chi connectivity index (χ3n) is 3.76. The number of thiazole rings is 1. The Morgan fingerprint density at radius 1 is 1.53 bits per heavy atom. The summed E-state index contributed by atoms with van der Waals surface area (Å²) in [6, 6.07) is 0.191. The molecule has 1 aromatic heterocycles. The molecule has 0 bridgehead atoms. The predicted octanol–water partition coefficient (Wildman–Crippen LogP) is 2.32. The van der Waals surface area contributed by atoms with Gasteiger partial charge in [-0.15, -0.1) is 11.3 Å². The maximum atomic E-state index is 11.8. The van der Waals surface area contributed by atoms with Gasteiger partial charge in [0.1, 0.15) is 5.01 Å². The number of rotatable bonds is 5. The molecule has 1 N–H and O–H groups in total. The van der Waals surface area contributed by atoms with Crippen LogP contribution in [0.5, 0.6) is 0 Å². The first-order valence-electron chi connectivity index (χ1n) is 6.81. The molecular formula is C13H22N2O2S2. The Bertz CT molecular complexity index is 525. The summed E-state index contributed by atoms with van der Waals surface area (Å²) in [5, 5.41) is 4.27. The van der Waals surface area contributed by atoms with E-state index >= 15 is 0 Å². The highest BCUT2D eigenvalue weighted by Crippen LogP contribution is 2.28. The van der Waals surface area contributed by atoms with E-state index in [4.69, 9.17) is 0 Å². The zero-order chi connectivity index (χ0) is 14.0. The molecule has 4 nitrogen and oxygen atoms in total. The number of sulfone groups is 1. The summed E-state index contributed by atoms with van der Waals surface area (Å²) in [5.74, 6) is 0. The minimum absolute atomic E-state index is 0.0685. The summed E-state index contributed by atoms with van der Waals surface area (Å²) in [6.45, 7) is 4.18. The third kappa shape index (κ3) is 3.55. The van der Waals surface area contributed by atoms with E-state index < -0.39 is 9.84 Å². The van der Waals surface area contributed by atoms with E-state index in [1.54, 1.807) is 11.3 Å². The second-order valence-electron chi connectivity index (χ2n) is 5.31. The van der Waals surface area contributed by atoms with Crippen LogP contribution in [0.4, 0.5) is 0 Å². The second-order valence-corrected chi connectivity index (χ2v) is 8.72. The van der Waals surface area contributed by atoms with Gasteiger partial charge in [0.25, 0.3) is 0 Å². The molecule has 0 amide bonds. The van der Waals surface area contributed by atoms with Gasteiger partial charge in [-0.3, -0.25) is 0 Å². The molecule has 1 aliphatic carbocycles. The van der Waals surface area contributed by atoms with Crippen LogP contribution in [0.15, 0.2) is 6.20 Å². The second kappa shape index (κ2) is 5.89. The standard InChI is InChI=1S/C13H22N2O2S2/c1-4-10-8-14-13(18-10)9(2)15-11-6-5-7-12(11)19(3,16)17/h8-9,11-12,15H,4-7H2,1-3H3. The quantitative estimate of drug-likeness (QED) is 0.907. The van der Waals surface area contributed by atoms with Crippen LogP contribution >= 0.6 is 11.3 Å². The summed E-state index contributed by atoms with van der Waals surface area (Å²) in [5.41, 5.74) is 0. The number of hydrogen-bond acceptors (Lipinski definition) is 5. The molecule has 108 valence electrons. The Balaban J connectivity index is 2.04. The van der Waals surface area contributed by atoms with Crippen molar-refractivity contribution < 1.29 is 8.42 Å². The van der Waals surface area contributed by atoms with E-state index in [2.05, 4.69) is 24.1 Å². The average molecular weight is 302 g/mol. The van der Waals surface area contributed by atoms with Crippen LogP contribution in [0.3, 0.4) is 0 Å². The molecule has 3 unspecified atom stereocenters. The molecule has 0 aromatic carbocycles. The van der Waals surface area contributed by atoms with Gasteiger partial charge in [-0.25, -0.2) is 13.4 Å². The van der Waals surface area contributed by atoms with Crippen molar-refractivity contribution in [2.24, 2.45) is 0 Å². The summed E-state index contributed by atoms with van der Waals surface area (Å²) in [7, 11) is -2.96. The normalized spacial score (nSPS) is 25.6. The first-order chi connectivity index (χ1) is 8.91. The Kier molecular flexibility index (Phi) is 4.63. The Morgan fingerprint density at radius 3 is 2.84 bits per heavy atom. The monoisotopic (exact) mass is 302 g/mol. The smallest absolute Gasteiger partial charge is 0.151 e. The summed E-state index contributed by atoms with van der Waals surface area (Å²) >= 11 is 1.71. The van der Waals surface area contributed by atoms with Crippen molar-refractivity contribution in [3.63, 3.8) is 0 Å². The summed E-state index contributed by atoms with van der Waals surface area (Å²) in [6.07, 6.45) is 6.97. The highest BCUT2D eigenvalue weighted by atomic mass is 32.2. The topological polar surface area (TPSA) is 59.1 Å². The summed E-state index contributed by atoms with van der Waals surface area (Å²) < 4.78 is 23.5. The zero-order valence-corrected chi connectivity index (χ0v) is 13.4. The first kappa shape index (κ1) is 14.9. The van der Waals surface area contributed by atoms with Crippen molar-refractivity contribution in [1.29, 1.82) is 0 Å². The number of nitrogens with one attached hydrogen (secondary N) is 1. The fourth-order valence-corrected chi connectivity index (χ4v) is 4.98. The lowest BCUT2D eigenvalue weighted by molar-refractivity contribution is 0.455. The predicted molar refractivity (Wildman–Crippen MR) is 79.3 cm³/mol. The maximum absolute atomic E-state index is 11.8. The molecule has 2 rings (SSSR count). The minimum Gasteiger partial charge on any atom is -0.304 e. The number of aromatic nitrogens is 1. The Hall–Kier alpha value is -0.460. The fourth-order valence-electron chi connectivity index (χ4n) is 2.71. The number of aryl methyl sites for hydroxylation is 1. The number of hydrogen-bond donors (Lipinski definition) is 1. The Labute approximate surface area is 119 Å². The highest BCUT2D eigenvalue weighted by Gasteiger charge is 2.35. The van der Waals surface area contributed by atoms with Crippen LogP contribution in [0.25, 0.3) is 0 Å². The lowest BCUT2D eigenvalue weighted by Gasteiger charge is -2.22. The van der Waals surface area contributed by atoms with E-state index in [9.17, 15) is 8.42 Å². The molecule has 1 fully saturated rings. The highest BCUT2D eigenvalue weighted by molar-refractivity contribution is 7.91. The molecule has 1 aliphatic rings. The van der Waals surface area contributed by atoms with Crippen LogP contribution in [0.1, 0.15) is 49.0 Å². The van der Waals surface area contributed by atoms with Crippen molar-refractivity contribution in [2.75, 3.05) is 6.26 Å². The molecular weight excluding hydrogens is 280 g/mol. The molecule has 0 saturated heterocycles. The lowest BCUT2D eigenvalue weighted by Crippen LogP contribution is -2.41. The van der Waals surface area contributed by atoms with Crippen LogP contribution in [-0.4, -0.2) is 30.9 Å². The van der Waals surface area contributed by atoms with Gasteiger partial charge in [0.15, 0.2) is 9.84 Å². The molecule has 19 heavy (non-hydrogen) atoms. The molecule has 1 saturated carbocycles. The van der Waals surface area contributed by atoms with Crippen molar-refractivity contribution in [3.8, 4) is 0 Å². The summed E-state index contributed by atoms with van der Waals surface area (Å²) in [4.78, 5) is 5.70. The van der Waals surface area contributed by atoms with Gasteiger partial charge in [0.2, 0.25) is 0 Å². The van der Waals surface area contributed by atoms with E-state index in [1.807, 2.05) is 6.20 Å². The van der Waals surface area contributed by atoms with Crippen LogP contribution in [0, 0.1) is 0 Å². The van der Waals surface area contributed by atoms with Gasteiger partial charge < -0.3 is 5.32 Å². The van der Waals surface area contributed by atoms with E-state index in [1.165, 1.54) is 11.1 Å². The minimum atomic E-state index is -2.96. The molecule has 0 spiro atoms. The average Bonchev–Trinajstić information content (AvgIpc) is 2.95. The van der Waals surface area contributed by atoms with Crippen LogP contribution < -0.4 is 5.32 Å². The van der Waals surface area contributed by atoms with Crippen molar-refractivity contribution in [2.45, 2.75) is 56.9 Å². The molecule has 3 atom stereocenters. The van der Waals surface area contributed by atoms with Crippen molar-refractivity contribution in [1.82, 2.24) is 10.3 Å². The van der Waals surface area contributed by atoms with Gasteiger partial charge in [-0.05, 0) is 26.2 Å². The molecule has 1 heterocycles. The van der Waals surface area contributed by atoms with Gasteiger partial charge >= 0.3 is 0 Å². The number of nitrogens with zero attached hydrogens (tertiary/aromatic N) is 1. The zero-order valence-electron chi connectivity index (χ0n) is 11.7. The molecule has 0 aliphatic heterocycles. The third-order valence-corrected chi connectivity index (χ3v) is 6.75. The SMILES string of the molecule is CCc1cnc(C(C)NC2CCCC2S(C)(=O)=O)s1. The van der Waals surface area contributed by atoms with Crippen molar-refractivity contribution >= 4 is 21.2 Å². The van der Waals surface area contributed by atoms with E-state index in [0.717, 1.165) is 30.7 Å². The van der Waals surface area contributed by atoms with Gasteiger partial charge in [-0.1, -0.05) is 13.3 Å². The largest absolute Gasteiger partial charge is 0.304 e. The van der Waals surface area contributed by atoms with Crippen molar-refractivity contribution in [3.05, 3.63) is 16.1 Å². The molecule has 6 heteroatoms. The lowest BCUT2D eigenvalue weighted by atomic mass is 10.2. The fraction of sp³-hybridized carbons (Fsp3) is 0.769. The van der Waals surface area contributed by atoms with E-state index in [0.29, 0.717) is 0 Å². The van der Waals surface area contributed by atoms with Crippen LogP contribution in [0.2, 0.25) is 0 Å². The van der Waals surface area contributed by atoms with Gasteiger partial charge in [-0.2, -0.15) is 0 Å². The van der Waals surface area contributed by atoms with Gasteiger partial charge in [0, 0.05) is 23.4 Å². The van der Waals surface area contributed by atoms with Crippen LogP contribution in [-0.2, 0) is 16.3 Å². The maximum Gasteiger partial charge on any atom is 0.151 e. The van der Waals surface area contributed by atoms with Gasteiger partial charge in [0.05, 0.1) is 11.3 Å². The molecule has 1 aromatic rings.